The summed E-state index contributed by atoms with van der Waals surface area (Å²) in [6.45, 7) is 3.96. The van der Waals surface area contributed by atoms with Crippen LogP contribution < -0.4 is 14.4 Å². The summed E-state index contributed by atoms with van der Waals surface area (Å²) in [6.07, 6.45) is 0. The van der Waals surface area contributed by atoms with Crippen molar-refractivity contribution in [1.82, 2.24) is 0 Å². The molecule has 3 aromatic carbocycles. The largest absolute Gasteiger partial charge is 0.508 e. The SMILES string of the molecule is Cc1ccc(N2C(=O)C(=O)/C(=C(\O)c3ccc4c(c3)OCO4)C2c2ccc(O)cc2)cc1C. The number of anilines is 1. The molecule has 1 unspecified atom stereocenters. The summed E-state index contributed by atoms with van der Waals surface area (Å²) >= 11 is 0. The normalized spacial score (nSPS) is 18.7. The molecule has 166 valence electrons. The number of benzene rings is 3. The first-order chi connectivity index (χ1) is 15.8. The molecule has 3 aromatic rings. The van der Waals surface area contributed by atoms with Crippen molar-refractivity contribution in [2.24, 2.45) is 0 Å². The van der Waals surface area contributed by atoms with Gasteiger partial charge in [-0.05, 0) is 73.0 Å². The Morgan fingerprint density at radius 1 is 0.909 bits per heavy atom. The molecule has 1 amide bonds. The zero-order chi connectivity index (χ0) is 23.3. The number of amides is 1. The highest BCUT2D eigenvalue weighted by Gasteiger charge is 2.47. The maximum atomic E-state index is 13.2. The number of aromatic hydroxyl groups is 1. The average molecular weight is 443 g/mol. The number of aryl methyl sites for hydroxylation is 2. The Balaban J connectivity index is 1.71. The van der Waals surface area contributed by atoms with Crippen molar-refractivity contribution in [3.8, 4) is 17.2 Å². The second-order valence-electron chi connectivity index (χ2n) is 8.10. The van der Waals surface area contributed by atoms with Crippen LogP contribution in [0.4, 0.5) is 5.69 Å². The molecule has 2 aliphatic heterocycles. The molecule has 2 N–H and O–H groups in total. The van der Waals surface area contributed by atoms with Crippen molar-refractivity contribution >= 4 is 23.1 Å². The molecule has 33 heavy (non-hydrogen) atoms. The molecule has 1 saturated heterocycles. The summed E-state index contributed by atoms with van der Waals surface area (Å²) < 4.78 is 10.7. The smallest absolute Gasteiger partial charge is 0.300 e. The van der Waals surface area contributed by atoms with E-state index in [1.165, 1.54) is 17.0 Å². The van der Waals surface area contributed by atoms with Gasteiger partial charge in [-0.15, -0.1) is 0 Å². The van der Waals surface area contributed by atoms with Crippen molar-refractivity contribution in [1.29, 1.82) is 0 Å². The number of ether oxygens (including phenoxy) is 2. The van der Waals surface area contributed by atoms with Crippen molar-refractivity contribution in [2.45, 2.75) is 19.9 Å². The van der Waals surface area contributed by atoms with Crippen LogP contribution in [0.1, 0.15) is 28.3 Å². The minimum Gasteiger partial charge on any atom is -0.508 e. The number of phenols is 1. The van der Waals surface area contributed by atoms with Crippen LogP contribution in [-0.2, 0) is 9.59 Å². The number of hydrogen-bond donors (Lipinski definition) is 2. The third-order valence-corrected chi connectivity index (χ3v) is 6.07. The summed E-state index contributed by atoms with van der Waals surface area (Å²) in [6, 6.07) is 15.7. The number of ketones is 1. The van der Waals surface area contributed by atoms with Crippen molar-refractivity contribution in [2.75, 3.05) is 11.7 Å². The fourth-order valence-corrected chi connectivity index (χ4v) is 4.15. The molecule has 7 heteroatoms. The standard InChI is InChI=1S/C26H21NO6/c1-14-3-7-18(11-15(14)2)27-23(16-4-8-19(28)9-5-16)22(25(30)26(27)31)24(29)17-6-10-20-21(12-17)33-13-32-20/h3-12,23,28-29H,13H2,1-2H3/b24-22-. The molecule has 2 aliphatic rings. The summed E-state index contributed by atoms with van der Waals surface area (Å²) in [5, 5.41) is 21.0. The third-order valence-electron chi connectivity index (χ3n) is 6.07. The Labute approximate surface area is 190 Å². The number of aliphatic hydroxyl groups excluding tert-OH is 1. The van der Waals surface area contributed by atoms with Gasteiger partial charge in [-0.1, -0.05) is 18.2 Å². The third kappa shape index (κ3) is 3.38. The molecule has 0 saturated carbocycles. The summed E-state index contributed by atoms with van der Waals surface area (Å²) in [5.41, 5.74) is 3.44. The van der Waals surface area contributed by atoms with Gasteiger partial charge in [0.25, 0.3) is 11.7 Å². The topological polar surface area (TPSA) is 96.3 Å². The van der Waals surface area contributed by atoms with E-state index in [2.05, 4.69) is 0 Å². The lowest BCUT2D eigenvalue weighted by atomic mass is 9.94. The molecule has 0 radical (unpaired) electrons. The van der Waals surface area contributed by atoms with E-state index in [1.807, 2.05) is 26.0 Å². The summed E-state index contributed by atoms with van der Waals surface area (Å²) in [7, 11) is 0. The molecular weight excluding hydrogens is 422 g/mol. The average Bonchev–Trinajstić information content (AvgIpc) is 3.38. The summed E-state index contributed by atoms with van der Waals surface area (Å²) in [5.74, 6) is -0.797. The molecule has 0 bridgehead atoms. The van der Waals surface area contributed by atoms with Crippen molar-refractivity contribution < 1.29 is 29.3 Å². The fraction of sp³-hybridized carbons (Fsp3) is 0.154. The number of phenolic OH excluding ortho intramolecular Hbond substituents is 1. The first kappa shape index (κ1) is 20.6. The highest BCUT2D eigenvalue weighted by molar-refractivity contribution is 6.51. The minimum atomic E-state index is -0.877. The molecule has 5 rings (SSSR count). The maximum Gasteiger partial charge on any atom is 0.300 e. The molecule has 0 aliphatic carbocycles. The first-order valence-corrected chi connectivity index (χ1v) is 10.4. The van der Waals surface area contributed by atoms with Gasteiger partial charge in [0.2, 0.25) is 6.79 Å². The maximum absolute atomic E-state index is 13.2. The highest BCUT2D eigenvalue weighted by Crippen LogP contribution is 2.44. The van der Waals surface area contributed by atoms with E-state index >= 15 is 0 Å². The second kappa shape index (κ2) is 7.70. The van der Waals surface area contributed by atoms with Gasteiger partial charge in [0.05, 0.1) is 11.6 Å². The molecule has 2 heterocycles. The van der Waals surface area contributed by atoms with Crippen molar-refractivity contribution in [3.05, 3.63) is 88.5 Å². The van der Waals surface area contributed by atoms with E-state index in [0.29, 0.717) is 28.3 Å². The van der Waals surface area contributed by atoms with Crippen LogP contribution in [0.3, 0.4) is 0 Å². The lowest BCUT2D eigenvalue weighted by Crippen LogP contribution is -2.29. The number of aliphatic hydroxyl groups is 1. The van der Waals surface area contributed by atoms with Crippen LogP contribution >= 0.6 is 0 Å². The number of nitrogens with zero attached hydrogens (tertiary/aromatic N) is 1. The Morgan fingerprint density at radius 3 is 2.36 bits per heavy atom. The van der Waals surface area contributed by atoms with E-state index in [4.69, 9.17) is 9.47 Å². The Bertz CT molecular complexity index is 1330. The van der Waals surface area contributed by atoms with E-state index < -0.39 is 17.7 Å². The number of fused-ring (bicyclic) bond motifs is 1. The number of hydrogen-bond acceptors (Lipinski definition) is 6. The van der Waals surface area contributed by atoms with Crippen molar-refractivity contribution in [3.63, 3.8) is 0 Å². The molecule has 1 fully saturated rings. The van der Waals surface area contributed by atoms with E-state index in [0.717, 1.165) is 11.1 Å². The van der Waals surface area contributed by atoms with Gasteiger partial charge in [-0.25, -0.2) is 0 Å². The van der Waals surface area contributed by atoms with Gasteiger partial charge in [0, 0.05) is 11.3 Å². The van der Waals surface area contributed by atoms with Crippen LogP contribution in [0, 0.1) is 13.8 Å². The quantitative estimate of drug-likeness (QED) is 0.355. The Kier molecular flexibility index (Phi) is 4.82. The molecular formula is C26H21NO6. The fourth-order valence-electron chi connectivity index (χ4n) is 4.15. The van der Waals surface area contributed by atoms with E-state index in [-0.39, 0.29) is 23.9 Å². The van der Waals surface area contributed by atoms with Gasteiger partial charge in [-0.2, -0.15) is 0 Å². The summed E-state index contributed by atoms with van der Waals surface area (Å²) in [4.78, 5) is 27.8. The van der Waals surface area contributed by atoms with Gasteiger partial charge >= 0.3 is 0 Å². The van der Waals surface area contributed by atoms with Gasteiger partial charge < -0.3 is 19.7 Å². The molecule has 0 spiro atoms. The number of Topliss-reactive ketones (excluding diaryl/α,β-unsaturated/α-hetero) is 1. The van der Waals surface area contributed by atoms with Gasteiger partial charge in [-0.3, -0.25) is 14.5 Å². The molecule has 0 aromatic heterocycles. The van der Waals surface area contributed by atoms with Crippen LogP contribution in [0.5, 0.6) is 17.2 Å². The predicted octanol–water partition coefficient (Wildman–Crippen LogP) is 4.36. The Morgan fingerprint density at radius 2 is 1.64 bits per heavy atom. The zero-order valence-corrected chi connectivity index (χ0v) is 18.0. The second-order valence-corrected chi connectivity index (χ2v) is 8.10. The van der Waals surface area contributed by atoms with E-state index in [1.54, 1.807) is 36.4 Å². The number of carbonyl (C=O) groups is 2. The Hall–Kier alpha value is -4.26. The van der Waals surface area contributed by atoms with Crippen LogP contribution in [0.25, 0.3) is 5.76 Å². The lowest BCUT2D eigenvalue weighted by molar-refractivity contribution is -0.132. The zero-order valence-electron chi connectivity index (χ0n) is 18.0. The number of rotatable bonds is 3. The lowest BCUT2D eigenvalue weighted by Gasteiger charge is -2.26. The first-order valence-electron chi connectivity index (χ1n) is 10.4. The predicted molar refractivity (Wildman–Crippen MR) is 121 cm³/mol. The molecule has 1 atom stereocenters. The highest BCUT2D eigenvalue weighted by atomic mass is 16.7. The molecule has 7 nitrogen and oxygen atoms in total. The van der Waals surface area contributed by atoms with E-state index in [9.17, 15) is 19.8 Å². The minimum absolute atomic E-state index is 0.0391. The van der Waals surface area contributed by atoms with Gasteiger partial charge in [0.1, 0.15) is 11.5 Å². The van der Waals surface area contributed by atoms with Crippen LogP contribution in [0.15, 0.2) is 66.2 Å². The van der Waals surface area contributed by atoms with Crippen LogP contribution in [0.2, 0.25) is 0 Å². The van der Waals surface area contributed by atoms with Gasteiger partial charge in [0.15, 0.2) is 11.5 Å². The number of carbonyl (C=O) groups excluding carboxylic acids is 2. The monoisotopic (exact) mass is 443 g/mol. The van der Waals surface area contributed by atoms with Crippen LogP contribution in [-0.4, -0.2) is 28.7 Å².